The second-order valence-electron chi connectivity index (χ2n) is 7.18. The number of ether oxygens (including phenoxy) is 1. The van der Waals surface area contributed by atoms with Crippen molar-refractivity contribution in [2.45, 2.75) is 31.9 Å². The van der Waals surface area contributed by atoms with Crippen LogP contribution in [-0.2, 0) is 11.4 Å². The smallest absolute Gasteiger partial charge is 0.226 e. The van der Waals surface area contributed by atoms with E-state index < -0.39 is 0 Å². The van der Waals surface area contributed by atoms with Crippen LogP contribution in [0, 0.1) is 0 Å². The molecule has 1 aliphatic carbocycles. The van der Waals surface area contributed by atoms with Crippen molar-refractivity contribution >= 4 is 23.3 Å². The van der Waals surface area contributed by atoms with Gasteiger partial charge in [0, 0.05) is 28.3 Å². The van der Waals surface area contributed by atoms with Gasteiger partial charge in [0.25, 0.3) is 0 Å². The van der Waals surface area contributed by atoms with Gasteiger partial charge in [0.05, 0.1) is 0 Å². The van der Waals surface area contributed by atoms with E-state index in [1.54, 1.807) is 4.68 Å². The fraction of sp³-hybridized carbons (Fsp3) is 0.227. The van der Waals surface area contributed by atoms with Crippen molar-refractivity contribution in [2.75, 3.05) is 5.32 Å². The van der Waals surface area contributed by atoms with Crippen LogP contribution in [0.25, 0.3) is 0 Å². The average molecular weight is 407 g/mol. The summed E-state index contributed by atoms with van der Waals surface area (Å²) in [4.78, 5) is 17.2. The molecule has 5 rings (SSSR count). The van der Waals surface area contributed by atoms with Crippen molar-refractivity contribution in [1.29, 1.82) is 0 Å². The number of Topliss-reactive ketones (excluding diaryl/α,β-unsaturated/α-hetero) is 1. The Morgan fingerprint density at radius 3 is 2.83 bits per heavy atom. The number of halogens is 1. The van der Waals surface area contributed by atoms with Gasteiger partial charge in [-0.3, -0.25) is 4.79 Å². The largest absolute Gasteiger partial charge is 0.489 e. The summed E-state index contributed by atoms with van der Waals surface area (Å²) in [5, 5.41) is 8.37. The molecule has 2 aromatic carbocycles. The molecular formula is C22H19ClN4O2. The fourth-order valence-electron chi connectivity index (χ4n) is 3.96. The lowest BCUT2D eigenvalue weighted by Crippen LogP contribution is -2.31. The molecule has 0 saturated carbocycles. The number of carbonyl (C=O) groups excluding carboxylic acids is 1. The van der Waals surface area contributed by atoms with Crippen molar-refractivity contribution in [3.63, 3.8) is 0 Å². The third kappa shape index (κ3) is 3.29. The first-order chi connectivity index (χ1) is 14.2. The van der Waals surface area contributed by atoms with Crippen molar-refractivity contribution in [2.24, 2.45) is 0 Å². The Balaban J connectivity index is 1.54. The number of nitrogens with one attached hydrogen (secondary N) is 1. The third-order valence-corrected chi connectivity index (χ3v) is 5.58. The molecule has 0 saturated heterocycles. The zero-order valence-electron chi connectivity index (χ0n) is 15.6. The molecule has 0 fully saturated rings. The number of benzene rings is 2. The zero-order chi connectivity index (χ0) is 19.8. The standard InChI is InChI=1S/C22H19ClN4O2/c23-15-10-8-14(9-11-15)12-29-19-7-2-1-4-16(19)21-20-17(5-3-6-18(20)28)26-22-24-13-25-27(21)22/h1-2,4,7-11,13,21H,3,5-6,12H2,(H,24,25,26). The summed E-state index contributed by atoms with van der Waals surface area (Å²) in [6.45, 7) is 0.406. The first kappa shape index (κ1) is 17.9. The van der Waals surface area contributed by atoms with E-state index >= 15 is 0 Å². The summed E-state index contributed by atoms with van der Waals surface area (Å²) in [5.41, 5.74) is 3.62. The number of aromatic nitrogens is 3. The van der Waals surface area contributed by atoms with Crippen LogP contribution in [0.1, 0.15) is 36.4 Å². The minimum atomic E-state index is -0.349. The maximum Gasteiger partial charge on any atom is 0.226 e. The molecule has 1 N–H and O–H groups in total. The molecule has 0 spiro atoms. The van der Waals surface area contributed by atoms with Crippen LogP contribution in [-0.4, -0.2) is 20.5 Å². The quantitative estimate of drug-likeness (QED) is 0.689. The fourth-order valence-corrected chi connectivity index (χ4v) is 4.09. The second-order valence-corrected chi connectivity index (χ2v) is 7.61. The summed E-state index contributed by atoms with van der Waals surface area (Å²) in [5.74, 6) is 1.52. The first-order valence-electron chi connectivity index (χ1n) is 9.59. The van der Waals surface area contributed by atoms with Gasteiger partial charge in [0.2, 0.25) is 5.95 Å². The Bertz CT molecular complexity index is 1100. The van der Waals surface area contributed by atoms with E-state index in [1.807, 2.05) is 48.5 Å². The molecule has 1 aromatic heterocycles. The number of anilines is 1. The summed E-state index contributed by atoms with van der Waals surface area (Å²) in [6.07, 6.45) is 3.74. The number of hydrogen-bond acceptors (Lipinski definition) is 5. The maximum absolute atomic E-state index is 12.9. The van der Waals surface area contributed by atoms with E-state index in [9.17, 15) is 4.79 Å². The molecule has 29 heavy (non-hydrogen) atoms. The van der Waals surface area contributed by atoms with Gasteiger partial charge in [0.1, 0.15) is 24.7 Å². The number of ketones is 1. The van der Waals surface area contributed by atoms with Gasteiger partial charge in [-0.2, -0.15) is 10.1 Å². The Labute approximate surface area is 173 Å². The number of fused-ring (bicyclic) bond motifs is 1. The summed E-state index contributed by atoms with van der Waals surface area (Å²) >= 11 is 5.97. The van der Waals surface area contributed by atoms with Gasteiger partial charge in [-0.15, -0.1) is 0 Å². The highest BCUT2D eigenvalue weighted by atomic mass is 35.5. The molecule has 146 valence electrons. The van der Waals surface area contributed by atoms with E-state index in [2.05, 4.69) is 15.4 Å². The molecule has 2 heterocycles. The first-order valence-corrected chi connectivity index (χ1v) is 9.97. The summed E-state index contributed by atoms with van der Waals surface area (Å²) in [7, 11) is 0. The number of para-hydroxylation sites is 1. The van der Waals surface area contributed by atoms with E-state index in [-0.39, 0.29) is 11.8 Å². The zero-order valence-corrected chi connectivity index (χ0v) is 16.4. The van der Waals surface area contributed by atoms with Crippen LogP contribution in [0.15, 0.2) is 66.1 Å². The van der Waals surface area contributed by atoms with E-state index in [0.717, 1.165) is 41.0 Å². The lowest BCUT2D eigenvalue weighted by atomic mass is 9.85. The van der Waals surface area contributed by atoms with E-state index in [1.165, 1.54) is 6.33 Å². The van der Waals surface area contributed by atoms with Gasteiger partial charge in [0.15, 0.2) is 5.78 Å². The lowest BCUT2D eigenvalue weighted by molar-refractivity contribution is -0.116. The number of hydrogen-bond donors (Lipinski definition) is 1. The minimum absolute atomic E-state index is 0.150. The lowest BCUT2D eigenvalue weighted by Gasteiger charge is -2.32. The Hall–Kier alpha value is -3.12. The molecule has 6 nitrogen and oxygen atoms in total. The number of allylic oxidation sites excluding steroid dienone is 2. The van der Waals surface area contributed by atoms with Gasteiger partial charge in [-0.25, -0.2) is 4.68 Å². The Morgan fingerprint density at radius 1 is 1.14 bits per heavy atom. The van der Waals surface area contributed by atoms with Crippen LogP contribution in [0.2, 0.25) is 5.02 Å². The second kappa shape index (κ2) is 7.37. The third-order valence-electron chi connectivity index (χ3n) is 5.33. The molecule has 1 atom stereocenters. The molecule has 0 bridgehead atoms. The highest BCUT2D eigenvalue weighted by molar-refractivity contribution is 6.30. The van der Waals surface area contributed by atoms with Gasteiger partial charge in [-0.05, 0) is 36.6 Å². The molecule has 0 radical (unpaired) electrons. The maximum atomic E-state index is 12.9. The number of rotatable bonds is 4. The van der Waals surface area contributed by atoms with E-state index in [0.29, 0.717) is 24.0 Å². The van der Waals surface area contributed by atoms with Gasteiger partial charge < -0.3 is 10.1 Å². The highest BCUT2D eigenvalue weighted by Crippen LogP contribution is 2.42. The predicted octanol–water partition coefficient (Wildman–Crippen LogP) is 4.53. The molecule has 1 unspecified atom stereocenters. The van der Waals surface area contributed by atoms with Crippen LogP contribution in [0.4, 0.5) is 5.95 Å². The number of nitrogens with zero attached hydrogens (tertiary/aromatic N) is 3. The molecule has 1 aliphatic heterocycles. The van der Waals surface area contributed by atoms with Crippen molar-refractivity contribution in [3.8, 4) is 5.75 Å². The predicted molar refractivity (Wildman–Crippen MR) is 110 cm³/mol. The van der Waals surface area contributed by atoms with Crippen LogP contribution in [0.3, 0.4) is 0 Å². The number of carbonyl (C=O) groups is 1. The van der Waals surface area contributed by atoms with Gasteiger partial charge in [-0.1, -0.05) is 41.9 Å². The topological polar surface area (TPSA) is 69.0 Å². The average Bonchev–Trinajstić information content (AvgIpc) is 3.21. The molecule has 3 aromatic rings. The van der Waals surface area contributed by atoms with Gasteiger partial charge >= 0.3 is 0 Å². The van der Waals surface area contributed by atoms with Crippen LogP contribution >= 0.6 is 11.6 Å². The Morgan fingerprint density at radius 2 is 1.97 bits per heavy atom. The van der Waals surface area contributed by atoms with Crippen molar-refractivity contribution in [1.82, 2.24) is 14.8 Å². The van der Waals surface area contributed by atoms with Crippen molar-refractivity contribution in [3.05, 3.63) is 82.3 Å². The highest BCUT2D eigenvalue weighted by Gasteiger charge is 2.37. The monoisotopic (exact) mass is 406 g/mol. The molecule has 2 aliphatic rings. The van der Waals surface area contributed by atoms with Crippen LogP contribution in [0.5, 0.6) is 5.75 Å². The summed E-state index contributed by atoms with van der Waals surface area (Å²) < 4.78 is 7.93. The van der Waals surface area contributed by atoms with Crippen molar-refractivity contribution < 1.29 is 9.53 Å². The van der Waals surface area contributed by atoms with E-state index in [4.69, 9.17) is 16.3 Å². The van der Waals surface area contributed by atoms with Crippen LogP contribution < -0.4 is 10.1 Å². The molecule has 7 heteroatoms. The minimum Gasteiger partial charge on any atom is -0.489 e. The normalized spacial score (nSPS) is 18.1. The Kier molecular flexibility index (Phi) is 4.56. The SMILES string of the molecule is O=C1CCCC2=C1C(c1ccccc1OCc1ccc(Cl)cc1)n1ncnc1N2. The summed E-state index contributed by atoms with van der Waals surface area (Å²) in [6, 6.07) is 15.0. The molecular weight excluding hydrogens is 388 g/mol. The molecule has 0 amide bonds.